The maximum Gasteiger partial charge on any atom is 0.308 e. The molecule has 0 saturated carbocycles. The van der Waals surface area contributed by atoms with Crippen LogP contribution in [0.1, 0.15) is 12.8 Å². The van der Waals surface area contributed by atoms with E-state index in [-0.39, 0.29) is 12.5 Å². The lowest BCUT2D eigenvalue weighted by Crippen LogP contribution is -2.43. The average molecular weight is 238 g/mol. The van der Waals surface area contributed by atoms with Crippen LogP contribution < -0.4 is 0 Å². The van der Waals surface area contributed by atoms with Gasteiger partial charge in [-0.15, -0.1) is 0 Å². The first-order valence-corrected chi connectivity index (χ1v) is 5.50. The highest BCUT2D eigenvalue weighted by Gasteiger charge is 2.28. The van der Waals surface area contributed by atoms with Gasteiger partial charge in [0.25, 0.3) is 0 Å². The zero-order chi connectivity index (χ0) is 12.3. The molecule has 1 fully saturated rings. The minimum atomic E-state index is -0.830. The molecule has 0 bridgehead atoms. The Bertz CT molecular complexity index is 404. The zero-order valence-corrected chi connectivity index (χ0v) is 9.32. The van der Waals surface area contributed by atoms with E-state index in [0.29, 0.717) is 19.5 Å². The highest BCUT2D eigenvalue weighted by Crippen LogP contribution is 2.16. The lowest BCUT2D eigenvalue weighted by atomic mass is 9.98. The Labute approximate surface area is 98.0 Å². The molecule has 1 aliphatic heterocycles. The van der Waals surface area contributed by atoms with Crippen molar-refractivity contribution in [2.45, 2.75) is 19.4 Å². The second kappa shape index (κ2) is 4.94. The summed E-state index contributed by atoms with van der Waals surface area (Å²) in [5.74, 6) is -1.38. The number of piperidine rings is 1. The number of rotatable bonds is 3. The number of aliphatic carboxylic acids is 1. The SMILES string of the molecule is O=C(O)[C@@H]1CCCN(C(=O)Cn2cncn2)C1. The van der Waals surface area contributed by atoms with E-state index in [4.69, 9.17) is 5.11 Å². The molecule has 7 heteroatoms. The summed E-state index contributed by atoms with van der Waals surface area (Å²) in [5, 5.41) is 12.8. The Morgan fingerprint density at radius 3 is 2.94 bits per heavy atom. The van der Waals surface area contributed by atoms with Gasteiger partial charge in [0.15, 0.2) is 0 Å². The van der Waals surface area contributed by atoms with E-state index in [0.717, 1.165) is 6.42 Å². The van der Waals surface area contributed by atoms with Gasteiger partial charge in [-0.3, -0.25) is 9.59 Å². The van der Waals surface area contributed by atoms with Crippen LogP contribution in [0, 0.1) is 5.92 Å². The molecule has 0 aliphatic carbocycles. The standard InChI is InChI=1S/C10H14N4O3/c15-9(5-14-7-11-6-12-14)13-3-1-2-8(4-13)10(16)17/h6-8H,1-5H2,(H,16,17)/t8-/m1/s1. The average Bonchev–Trinajstić information content (AvgIpc) is 2.82. The van der Waals surface area contributed by atoms with Crippen molar-refractivity contribution in [2.24, 2.45) is 5.92 Å². The topological polar surface area (TPSA) is 88.3 Å². The van der Waals surface area contributed by atoms with Gasteiger partial charge in [0, 0.05) is 13.1 Å². The monoisotopic (exact) mass is 238 g/mol. The molecular weight excluding hydrogens is 224 g/mol. The van der Waals surface area contributed by atoms with E-state index in [9.17, 15) is 9.59 Å². The number of carbonyl (C=O) groups excluding carboxylic acids is 1. The number of carbonyl (C=O) groups is 2. The Morgan fingerprint density at radius 2 is 2.29 bits per heavy atom. The van der Waals surface area contributed by atoms with Crippen LogP contribution in [0.3, 0.4) is 0 Å². The molecule has 0 spiro atoms. The van der Waals surface area contributed by atoms with E-state index in [1.54, 1.807) is 4.90 Å². The van der Waals surface area contributed by atoms with Crippen LogP contribution in [0.15, 0.2) is 12.7 Å². The van der Waals surface area contributed by atoms with Crippen LogP contribution in [0.25, 0.3) is 0 Å². The fourth-order valence-corrected chi connectivity index (χ4v) is 1.96. The molecule has 0 unspecified atom stereocenters. The second-order valence-corrected chi connectivity index (χ2v) is 4.11. The molecule has 7 nitrogen and oxygen atoms in total. The predicted molar refractivity (Wildman–Crippen MR) is 57.0 cm³/mol. The number of carboxylic acid groups (broad SMARTS) is 1. The highest BCUT2D eigenvalue weighted by atomic mass is 16.4. The summed E-state index contributed by atoms with van der Waals surface area (Å²) in [6.07, 6.45) is 4.21. The minimum absolute atomic E-state index is 0.110. The molecule has 1 amide bonds. The molecule has 1 atom stereocenters. The van der Waals surface area contributed by atoms with Gasteiger partial charge >= 0.3 is 5.97 Å². The van der Waals surface area contributed by atoms with Crippen LogP contribution in [-0.2, 0) is 16.1 Å². The van der Waals surface area contributed by atoms with E-state index < -0.39 is 11.9 Å². The van der Waals surface area contributed by atoms with Gasteiger partial charge in [0.2, 0.25) is 5.91 Å². The van der Waals surface area contributed by atoms with Crippen molar-refractivity contribution in [1.82, 2.24) is 19.7 Å². The van der Waals surface area contributed by atoms with Gasteiger partial charge < -0.3 is 10.0 Å². The molecule has 92 valence electrons. The second-order valence-electron chi connectivity index (χ2n) is 4.11. The van der Waals surface area contributed by atoms with Gasteiger partial charge in [-0.2, -0.15) is 5.10 Å². The molecule has 2 heterocycles. The Morgan fingerprint density at radius 1 is 1.47 bits per heavy atom. The molecule has 0 aromatic carbocycles. The first-order chi connectivity index (χ1) is 8.16. The van der Waals surface area contributed by atoms with Gasteiger partial charge in [-0.1, -0.05) is 0 Å². The van der Waals surface area contributed by atoms with Crippen molar-refractivity contribution < 1.29 is 14.7 Å². The van der Waals surface area contributed by atoms with E-state index in [1.807, 2.05) is 0 Å². The fraction of sp³-hybridized carbons (Fsp3) is 0.600. The Balaban J connectivity index is 1.93. The molecule has 1 aromatic heterocycles. The summed E-state index contributed by atoms with van der Waals surface area (Å²) < 4.78 is 1.44. The molecule has 17 heavy (non-hydrogen) atoms. The van der Waals surface area contributed by atoms with Gasteiger partial charge in [-0.25, -0.2) is 9.67 Å². The third-order valence-electron chi connectivity index (χ3n) is 2.89. The number of nitrogens with zero attached hydrogens (tertiary/aromatic N) is 4. The summed E-state index contributed by atoms with van der Waals surface area (Å²) in [6, 6.07) is 0. The van der Waals surface area contributed by atoms with Gasteiger partial charge in [-0.05, 0) is 12.8 Å². The molecule has 2 rings (SSSR count). The van der Waals surface area contributed by atoms with E-state index in [2.05, 4.69) is 10.1 Å². The van der Waals surface area contributed by atoms with Crippen molar-refractivity contribution in [2.75, 3.05) is 13.1 Å². The number of likely N-dealkylation sites (tertiary alicyclic amines) is 1. The molecule has 1 aromatic rings. The van der Waals surface area contributed by atoms with Crippen LogP contribution >= 0.6 is 0 Å². The minimum Gasteiger partial charge on any atom is -0.481 e. The van der Waals surface area contributed by atoms with Crippen molar-refractivity contribution in [3.63, 3.8) is 0 Å². The largest absolute Gasteiger partial charge is 0.481 e. The maximum atomic E-state index is 11.9. The molecule has 1 N–H and O–H groups in total. The van der Waals surface area contributed by atoms with Crippen LogP contribution in [-0.4, -0.2) is 49.7 Å². The first kappa shape index (κ1) is 11.6. The lowest BCUT2D eigenvalue weighted by Gasteiger charge is -2.30. The van der Waals surface area contributed by atoms with Crippen LogP contribution in [0.4, 0.5) is 0 Å². The number of hydrogen-bond acceptors (Lipinski definition) is 4. The van der Waals surface area contributed by atoms with Crippen molar-refractivity contribution >= 4 is 11.9 Å². The molecule has 1 aliphatic rings. The van der Waals surface area contributed by atoms with Crippen molar-refractivity contribution in [3.05, 3.63) is 12.7 Å². The van der Waals surface area contributed by atoms with Crippen molar-refractivity contribution in [3.8, 4) is 0 Å². The predicted octanol–water partition coefficient (Wildman–Crippen LogP) is -0.399. The Hall–Kier alpha value is -1.92. The van der Waals surface area contributed by atoms with Crippen LogP contribution in [0.2, 0.25) is 0 Å². The van der Waals surface area contributed by atoms with Gasteiger partial charge in [0.05, 0.1) is 5.92 Å². The highest BCUT2D eigenvalue weighted by molar-refractivity contribution is 5.77. The number of carboxylic acids is 1. The summed E-state index contributed by atoms with van der Waals surface area (Å²) >= 11 is 0. The summed E-state index contributed by atoms with van der Waals surface area (Å²) in [7, 11) is 0. The van der Waals surface area contributed by atoms with Crippen molar-refractivity contribution in [1.29, 1.82) is 0 Å². The quantitative estimate of drug-likeness (QED) is 0.774. The number of aromatic nitrogens is 3. The third kappa shape index (κ3) is 2.80. The summed E-state index contributed by atoms with van der Waals surface area (Å²) in [5.41, 5.74) is 0. The summed E-state index contributed by atoms with van der Waals surface area (Å²) in [6.45, 7) is 1.03. The first-order valence-electron chi connectivity index (χ1n) is 5.50. The summed E-state index contributed by atoms with van der Waals surface area (Å²) in [4.78, 5) is 28.1. The molecule has 1 saturated heterocycles. The van der Waals surface area contributed by atoms with Gasteiger partial charge in [0.1, 0.15) is 19.2 Å². The molecular formula is C10H14N4O3. The number of hydrogen-bond donors (Lipinski definition) is 1. The van der Waals surface area contributed by atoms with E-state index in [1.165, 1.54) is 17.3 Å². The smallest absolute Gasteiger partial charge is 0.308 e. The molecule has 0 radical (unpaired) electrons. The normalized spacial score (nSPS) is 20.2. The zero-order valence-electron chi connectivity index (χ0n) is 9.32. The van der Waals surface area contributed by atoms with Crippen LogP contribution in [0.5, 0.6) is 0 Å². The fourth-order valence-electron chi connectivity index (χ4n) is 1.96. The maximum absolute atomic E-state index is 11.9. The Kier molecular flexibility index (Phi) is 3.36. The van der Waals surface area contributed by atoms with E-state index >= 15 is 0 Å². The lowest BCUT2D eigenvalue weighted by molar-refractivity contribution is -0.145. The third-order valence-corrected chi connectivity index (χ3v) is 2.89. The number of amides is 1.